The zero-order chi connectivity index (χ0) is 18.0. The second kappa shape index (κ2) is 6.11. The first-order valence-electron chi connectivity index (χ1n) is 10.2. The Morgan fingerprint density at radius 1 is 1.32 bits per heavy atom. The smallest absolute Gasteiger partial charge is 0.0183 e. The summed E-state index contributed by atoms with van der Waals surface area (Å²) < 4.78 is 0.767. The lowest BCUT2D eigenvalue weighted by Crippen LogP contribution is -2.44. The fourth-order valence-electron chi connectivity index (χ4n) is 6.86. The summed E-state index contributed by atoms with van der Waals surface area (Å²) in [6, 6.07) is 0. The molecule has 0 N–H and O–H groups in total. The lowest BCUT2D eigenvalue weighted by molar-refractivity contribution is 0.0966. The lowest BCUT2D eigenvalue weighted by Gasteiger charge is -2.54. The molecule has 1 heteroatoms. The van der Waals surface area contributed by atoms with Crippen LogP contribution in [0.5, 0.6) is 0 Å². The SMILES string of the molecule is C=C1C=C2CCC3C(=CC[C@@]4(C)C3CC(I)[C@@H]4C(=C)CC)[C@@]2(C)CC1. The molecule has 0 nitrogen and oxygen atoms in total. The molecular weight excluding hydrogens is 415 g/mol. The van der Waals surface area contributed by atoms with E-state index in [1.165, 1.54) is 49.7 Å². The van der Waals surface area contributed by atoms with E-state index in [4.69, 9.17) is 0 Å². The van der Waals surface area contributed by atoms with E-state index in [-0.39, 0.29) is 0 Å². The monoisotopic (exact) mass is 448 g/mol. The molecule has 3 unspecified atom stereocenters. The van der Waals surface area contributed by atoms with Crippen molar-refractivity contribution in [1.82, 2.24) is 0 Å². The van der Waals surface area contributed by atoms with Gasteiger partial charge in [0.05, 0.1) is 0 Å². The van der Waals surface area contributed by atoms with Crippen LogP contribution in [-0.2, 0) is 0 Å². The summed E-state index contributed by atoms with van der Waals surface area (Å²) in [5.41, 5.74) is 7.08. The minimum atomic E-state index is 0.325. The van der Waals surface area contributed by atoms with Gasteiger partial charge in [-0.15, -0.1) is 0 Å². The quantitative estimate of drug-likeness (QED) is 0.234. The number of halogens is 1. The Kier molecular flexibility index (Phi) is 4.41. The summed E-state index contributed by atoms with van der Waals surface area (Å²) in [6.07, 6.45) is 14.0. The normalized spacial score (nSPS) is 45.8. The van der Waals surface area contributed by atoms with Crippen LogP contribution in [0.15, 0.2) is 47.6 Å². The molecule has 136 valence electrons. The van der Waals surface area contributed by atoms with Gasteiger partial charge in [-0.25, -0.2) is 0 Å². The summed E-state index contributed by atoms with van der Waals surface area (Å²) in [5.74, 6) is 2.36. The van der Waals surface area contributed by atoms with Crippen molar-refractivity contribution in [3.63, 3.8) is 0 Å². The highest BCUT2D eigenvalue weighted by atomic mass is 127. The van der Waals surface area contributed by atoms with Crippen LogP contribution < -0.4 is 0 Å². The third-order valence-corrected chi connectivity index (χ3v) is 9.56. The van der Waals surface area contributed by atoms with Crippen LogP contribution in [0.2, 0.25) is 0 Å². The van der Waals surface area contributed by atoms with Gasteiger partial charge in [0.2, 0.25) is 0 Å². The zero-order valence-corrected chi connectivity index (χ0v) is 18.4. The molecule has 0 saturated heterocycles. The summed E-state index contributed by atoms with van der Waals surface area (Å²) in [4.78, 5) is 0. The van der Waals surface area contributed by atoms with Crippen LogP contribution >= 0.6 is 22.6 Å². The van der Waals surface area contributed by atoms with E-state index in [0.29, 0.717) is 16.7 Å². The first kappa shape index (κ1) is 18.1. The maximum absolute atomic E-state index is 4.49. The molecule has 25 heavy (non-hydrogen) atoms. The van der Waals surface area contributed by atoms with Gasteiger partial charge >= 0.3 is 0 Å². The highest BCUT2D eigenvalue weighted by molar-refractivity contribution is 14.1. The zero-order valence-electron chi connectivity index (χ0n) is 16.2. The van der Waals surface area contributed by atoms with Crippen LogP contribution in [0.1, 0.15) is 65.7 Å². The summed E-state index contributed by atoms with van der Waals surface area (Å²) >= 11 is 2.75. The maximum atomic E-state index is 4.49. The van der Waals surface area contributed by atoms with Gasteiger partial charge < -0.3 is 0 Å². The van der Waals surface area contributed by atoms with E-state index in [0.717, 1.165) is 22.2 Å². The van der Waals surface area contributed by atoms with E-state index in [9.17, 15) is 0 Å². The number of hydrogen-bond donors (Lipinski definition) is 0. The Hall–Kier alpha value is -0.310. The number of allylic oxidation sites excluding steroid dienone is 6. The van der Waals surface area contributed by atoms with E-state index in [1.807, 2.05) is 0 Å². The minimum Gasteiger partial charge on any atom is -0.0995 e. The van der Waals surface area contributed by atoms with Gasteiger partial charge in [0.15, 0.2) is 0 Å². The standard InChI is InChI=1S/C24H33I/c1-6-16(3)22-21(25)14-20-18-8-7-17-13-15(2)9-11-23(17,4)19(18)10-12-24(20,22)5/h10,13,18,20-22H,2-3,6-9,11-12,14H2,1,4-5H3/t18?,20?,21?,22-,23-,24-/m0/s1. The Morgan fingerprint density at radius 3 is 2.80 bits per heavy atom. The van der Waals surface area contributed by atoms with Crippen molar-refractivity contribution in [2.75, 3.05) is 0 Å². The Balaban J connectivity index is 1.74. The molecule has 0 bridgehead atoms. The number of alkyl halides is 1. The van der Waals surface area contributed by atoms with Gasteiger partial charge in [0.1, 0.15) is 0 Å². The molecule has 4 aliphatic rings. The fraction of sp³-hybridized carbons (Fsp3) is 0.667. The molecule has 0 aromatic rings. The average Bonchev–Trinajstić information content (AvgIpc) is 2.85. The van der Waals surface area contributed by atoms with E-state index < -0.39 is 0 Å². The summed E-state index contributed by atoms with van der Waals surface area (Å²) in [5, 5.41) is 0. The Labute approximate surface area is 168 Å². The van der Waals surface area contributed by atoms with Crippen LogP contribution in [0.25, 0.3) is 0 Å². The molecule has 2 saturated carbocycles. The van der Waals surface area contributed by atoms with Crippen molar-refractivity contribution in [2.24, 2.45) is 28.6 Å². The fourth-order valence-corrected chi connectivity index (χ4v) is 8.74. The maximum Gasteiger partial charge on any atom is 0.0183 e. The molecule has 0 aromatic carbocycles. The van der Waals surface area contributed by atoms with Gasteiger partial charge in [-0.2, -0.15) is 0 Å². The van der Waals surface area contributed by atoms with Gasteiger partial charge in [-0.1, -0.05) is 91.0 Å². The molecule has 0 heterocycles. The van der Waals surface area contributed by atoms with E-state index in [1.54, 1.807) is 11.1 Å². The molecule has 4 rings (SSSR count). The third-order valence-electron chi connectivity index (χ3n) is 8.33. The first-order valence-corrected chi connectivity index (χ1v) is 11.5. The molecule has 0 aromatic heterocycles. The predicted octanol–water partition coefficient (Wildman–Crippen LogP) is 7.42. The van der Waals surface area contributed by atoms with Crippen LogP contribution in [0.3, 0.4) is 0 Å². The molecule has 0 spiro atoms. The molecule has 0 aliphatic heterocycles. The van der Waals surface area contributed by atoms with Crippen molar-refractivity contribution < 1.29 is 0 Å². The molecule has 0 radical (unpaired) electrons. The summed E-state index contributed by atoms with van der Waals surface area (Å²) in [7, 11) is 0. The first-order chi connectivity index (χ1) is 11.8. The van der Waals surface area contributed by atoms with Gasteiger partial charge in [0, 0.05) is 9.34 Å². The second-order valence-corrected chi connectivity index (χ2v) is 11.1. The number of hydrogen-bond acceptors (Lipinski definition) is 0. The van der Waals surface area contributed by atoms with Gasteiger partial charge in [0.25, 0.3) is 0 Å². The van der Waals surface area contributed by atoms with Crippen LogP contribution in [0.4, 0.5) is 0 Å². The number of fused-ring (bicyclic) bond motifs is 5. The minimum absolute atomic E-state index is 0.325. The lowest BCUT2D eigenvalue weighted by atomic mass is 9.51. The van der Waals surface area contributed by atoms with Crippen molar-refractivity contribution in [1.29, 1.82) is 0 Å². The molecule has 4 aliphatic carbocycles. The molecule has 6 atom stereocenters. The van der Waals surface area contributed by atoms with Crippen molar-refractivity contribution in [2.45, 2.75) is 69.6 Å². The molecule has 0 amide bonds. The average molecular weight is 448 g/mol. The van der Waals surface area contributed by atoms with Gasteiger partial charge in [-0.3, -0.25) is 0 Å². The van der Waals surface area contributed by atoms with E-state index in [2.05, 4.69) is 68.7 Å². The van der Waals surface area contributed by atoms with Crippen molar-refractivity contribution in [3.05, 3.63) is 47.6 Å². The van der Waals surface area contributed by atoms with Crippen molar-refractivity contribution in [3.8, 4) is 0 Å². The van der Waals surface area contributed by atoms with Crippen molar-refractivity contribution >= 4 is 22.6 Å². The molecular formula is C24H33I. The van der Waals surface area contributed by atoms with Crippen LogP contribution in [0, 0.1) is 28.6 Å². The highest BCUT2D eigenvalue weighted by Gasteiger charge is 2.58. The summed E-state index contributed by atoms with van der Waals surface area (Å²) in [6.45, 7) is 16.1. The largest absolute Gasteiger partial charge is 0.0995 e. The predicted molar refractivity (Wildman–Crippen MR) is 117 cm³/mol. The number of rotatable bonds is 2. The van der Waals surface area contributed by atoms with E-state index >= 15 is 0 Å². The second-order valence-electron chi connectivity index (χ2n) is 9.52. The molecule has 2 fully saturated rings. The topological polar surface area (TPSA) is 0 Å². The van der Waals surface area contributed by atoms with Crippen LogP contribution in [-0.4, -0.2) is 3.92 Å². The highest BCUT2D eigenvalue weighted by Crippen LogP contribution is 2.66. The Bertz CT molecular complexity index is 680. The van der Waals surface area contributed by atoms with Gasteiger partial charge in [-0.05, 0) is 68.1 Å². The Morgan fingerprint density at radius 2 is 2.08 bits per heavy atom. The third kappa shape index (κ3) is 2.51.